The molecule has 24 heavy (non-hydrogen) atoms. The van der Waals surface area contributed by atoms with Crippen LogP contribution in [0.25, 0.3) is 0 Å². The van der Waals surface area contributed by atoms with Gasteiger partial charge in [-0.25, -0.2) is 0 Å². The van der Waals surface area contributed by atoms with Gasteiger partial charge in [-0.1, -0.05) is 0 Å². The summed E-state index contributed by atoms with van der Waals surface area (Å²) in [5.74, 6) is 2.09. The molecule has 1 N–H and O–H groups in total. The zero-order valence-corrected chi connectivity index (χ0v) is 14.7. The molecule has 0 spiro atoms. The molecule has 132 valence electrons. The van der Waals surface area contributed by atoms with Gasteiger partial charge >= 0.3 is 0 Å². The monoisotopic (exact) mass is 332 g/mol. The molecule has 1 amide bonds. The minimum Gasteiger partial charge on any atom is -0.497 e. The number of piperidine rings is 1. The van der Waals surface area contributed by atoms with E-state index in [1.807, 2.05) is 6.07 Å². The lowest BCUT2D eigenvalue weighted by atomic mass is 9.90. The van der Waals surface area contributed by atoms with E-state index in [-0.39, 0.29) is 11.8 Å². The maximum atomic E-state index is 12.3. The first-order valence-electron chi connectivity index (χ1n) is 8.92. The molecule has 5 heteroatoms. The first kappa shape index (κ1) is 17.1. The lowest BCUT2D eigenvalue weighted by molar-refractivity contribution is -0.127. The summed E-state index contributed by atoms with van der Waals surface area (Å²) in [5.41, 5.74) is 1.18. The second-order valence-corrected chi connectivity index (χ2v) is 6.91. The van der Waals surface area contributed by atoms with Crippen molar-refractivity contribution in [2.45, 2.75) is 44.7 Å². The molecule has 1 saturated heterocycles. The van der Waals surface area contributed by atoms with Crippen molar-refractivity contribution in [2.24, 2.45) is 5.92 Å². The number of nitrogens with one attached hydrogen (secondary N) is 1. The Bertz CT molecular complexity index is 541. The van der Waals surface area contributed by atoms with E-state index in [1.54, 1.807) is 14.2 Å². The Labute approximate surface area is 144 Å². The van der Waals surface area contributed by atoms with Crippen LogP contribution >= 0.6 is 0 Å². The van der Waals surface area contributed by atoms with Gasteiger partial charge in [0, 0.05) is 24.6 Å². The average Bonchev–Trinajstić information content (AvgIpc) is 2.58. The number of nitrogens with zero attached hydrogens (tertiary/aromatic N) is 1. The summed E-state index contributed by atoms with van der Waals surface area (Å²) in [6.07, 6.45) is 5.46. The molecule has 3 rings (SSSR count). The van der Waals surface area contributed by atoms with Crippen LogP contribution in [0.2, 0.25) is 0 Å². The highest BCUT2D eigenvalue weighted by molar-refractivity contribution is 5.79. The second kappa shape index (κ2) is 7.88. The Morgan fingerprint density at radius 2 is 1.71 bits per heavy atom. The fourth-order valence-corrected chi connectivity index (χ4v) is 3.44. The molecule has 0 aromatic heterocycles. The number of hydrogen-bond acceptors (Lipinski definition) is 4. The quantitative estimate of drug-likeness (QED) is 0.870. The van der Waals surface area contributed by atoms with E-state index in [9.17, 15) is 4.79 Å². The Hall–Kier alpha value is -1.75. The molecule has 1 aliphatic carbocycles. The summed E-state index contributed by atoms with van der Waals surface area (Å²) in [6, 6.07) is 6.44. The van der Waals surface area contributed by atoms with Crippen LogP contribution in [0.1, 0.15) is 37.7 Å². The lowest BCUT2D eigenvalue weighted by Crippen LogP contribution is -2.45. The van der Waals surface area contributed by atoms with E-state index in [1.165, 1.54) is 12.0 Å². The van der Waals surface area contributed by atoms with Crippen molar-refractivity contribution in [3.63, 3.8) is 0 Å². The van der Waals surface area contributed by atoms with Crippen LogP contribution in [0.3, 0.4) is 0 Å². The second-order valence-electron chi connectivity index (χ2n) is 6.91. The smallest absolute Gasteiger partial charge is 0.223 e. The SMILES string of the molecule is COc1cc(CN2CCC(C(=O)NC3CCC3)CC2)cc(OC)c1. The highest BCUT2D eigenvalue weighted by Gasteiger charge is 2.28. The Morgan fingerprint density at radius 1 is 1.08 bits per heavy atom. The normalized spacial score (nSPS) is 19.6. The van der Waals surface area contributed by atoms with Crippen molar-refractivity contribution in [2.75, 3.05) is 27.3 Å². The number of carbonyl (C=O) groups excluding carboxylic acids is 1. The third kappa shape index (κ3) is 4.20. The number of methoxy groups -OCH3 is 2. The van der Waals surface area contributed by atoms with E-state index in [0.717, 1.165) is 56.8 Å². The molecule has 0 bridgehead atoms. The van der Waals surface area contributed by atoms with E-state index in [4.69, 9.17) is 9.47 Å². The van der Waals surface area contributed by atoms with Gasteiger partial charge in [-0.15, -0.1) is 0 Å². The van der Waals surface area contributed by atoms with Crippen molar-refractivity contribution < 1.29 is 14.3 Å². The van der Waals surface area contributed by atoms with E-state index >= 15 is 0 Å². The van der Waals surface area contributed by atoms with Gasteiger partial charge in [-0.3, -0.25) is 9.69 Å². The zero-order valence-electron chi connectivity index (χ0n) is 14.7. The van der Waals surface area contributed by atoms with Crippen molar-refractivity contribution >= 4 is 5.91 Å². The minimum absolute atomic E-state index is 0.182. The Morgan fingerprint density at radius 3 is 2.21 bits per heavy atom. The molecular formula is C19H28N2O3. The molecule has 0 unspecified atom stereocenters. The fraction of sp³-hybridized carbons (Fsp3) is 0.632. The van der Waals surface area contributed by atoms with Gasteiger partial charge in [0.1, 0.15) is 11.5 Å². The van der Waals surface area contributed by atoms with Crippen LogP contribution in [0.5, 0.6) is 11.5 Å². The Kier molecular flexibility index (Phi) is 5.61. The summed E-state index contributed by atoms with van der Waals surface area (Å²) >= 11 is 0. The van der Waals surface area contributed by atoms with Gasteiger partial charge in [0.25, 0.3) is 0 Å². The molecular weight excluding hydrogens is 304 g/mol. The van der Waals surface area contributed by atoms with Crippen LogP contribution in [0.4, 0.5) is 0 Å². The molecule has 0 atom stereocenters. The molecule has 2 fully saturated rings. The van der Waals surface area contributed by atoms with Gasteiger partial charge in [0.15, 0.2) is 0 Å². The summed E-state index contributed by atoms with van der Waals surface area (Å²) in [4.78, 5) is 14.7. The van der Waals surface area contributed by atoms with Gasteiger partial charge < -0.3 is 14.8 Å². The van der Waals surface area contributed by atoms with Gasteiger partial charge in [0.2, 0.25) is 5.91 Å². The number of likely N-dealkylation sites (tertiary alicyclic amines) is 1. The summed E-state index contributed by atoms with van der Waals surface area (Å²) in [7, 11) is 3.34. The number of ether oxygens (including phenoxy) is 2. The molecule has 1 saturated carbocycles. The molecule has 5 nitrogen and oxygen atoms in total. The predicted molar refractivity (Wildman–Crippen MR) is 93.3 cm³/mol. The molecule has 1 aliphatic heterocycles. The van der Waals surface area contributed by atoms with E-state index in [2.05, 4.69) is 22.3 Å². The molecule has 0 radical (unpaired) electrons. The maximum absolute atomic E-state index is 12.3. The van der Waals surface area contributed by atoms with E-state index < -0.39 is 0 Å². The largest absolute Gasteiger partial charge is 0.497 e. The third-order valence-corrected chi connectivity index (χ3v) is 5.23. The topological polar surface area (TPSA) is 50.8 Å². The van der Waals surface area contributed by atoms with Crippen molar-refractivity contribution in [3.05, 3.63) is 23.8 Å². The van der Waals surface area contributed by atoms with Gasteiger partial charge in [-0.2, -0.15) is 0 Å². The van der Waals surface area contributed by atoms with Crippen LogP contribution in [-0.4, -0.2) is 44.2 Å². The van der Waals surface area contributed by atoms with E-state index in [0.29, 0.717) is 6.04 Å². The Balaban J connectivity index is 1.50. The predicted octanol–water partition coefficient (Wildman–Crippen LogP) is 2.58. The number of amides is 1. The average molecular weight is 332 g/mol. The first-order valence-corrected chi connectivity index (χ1v) is 8.92. The number of carbonyl (C=O) groups is 1. The van der Waals surface area contributed by atoms with Crippen molar-refractivity contribution in [3.8, 4) is 11.5 Å². The van der Waals surface area contributed by atoms with Gasteiger partial charge in [-0.05, 0) is 62.9 Å². The van der Waals surface area contributed by atoms with Crippen LogP contribution < -0.4 is 14.8 Å². The lowest BCUT2D eigenvalue weighted by Gasteiger charge is -2.33. The summed E-state index contributed by atoms with van der Waals surface area (Å²) < 4.78 is 10.7. The fourth-order valence-electron chi connectivity index (χ4n) is 3.44. The zero-order chi connectivity index (χ0) is 16.9. The molecule has 1 heterocycles. The highest BCUT2D eigenvalue weighted by atomic mass is 16.5. The molecule has 2 aliphatic rings. The summed E-state index contributed by atoms with van der Waals surface area (Å²) in [5, 5.41) is 3.19. The minimum atomic E-state index is 0.182. The van der Waals surface area contributed by atoms with Crippen LogP contribution in [-0.2, 0) is 11.3 Å². The number of rotatable bonds is 6. The van der Waals surface area contributed by atoms with Crippen LogP contribution in [0, 0.1) is 5.92 Å². The maximum Gasteiger partial charge on any atom is 0.223 e. The van der Waals surface area contributed by atoms with Gasteiger partial charge in [0.05, 0.1) is 14.2 Å². The molecule has 1 aromatic carbocycles. The summed E-state index contributed by atoms with van der Waals surface area (Å²) in [6.45, 7) is 2.79. The third-order valence-electron chi connectivity index (χ3n) is 5.23. The molecule has 1 aromatic rings. The van der Waals surface area contributed by atoms with Crippen molar-refractivity contribution in [1.29, 1.82) is 0 Å². The standard InChI is InChI=1S/C19H28N2O3/c1-23-17-10-14(11-18(12-17)24-2)13-21-8-6-15(7-9-21)19(22)20-16-4-3-5-16/h10-12,15-16H,3-9,13H2,1-2H3,(H,20,22). The first-order chi connectivity index (χ1) is 11.7. The van der Waals surface area contributed by atoms with Crippen LogP contribution in [0.15, 0.2) is 18.2 Å². The highest BCUT2D eigenvalue weighted by Crippen LogP contribution is 2.26. The number of hydrogen-bond donors (Lipinski definition) is 1. The van der Waals surface area contributed by atoms with Crippen molar-refractivity contribution in [1.82, 2.24) is 10.2 Å². The number of benzene rings is 1.